The lowest BCUT2D eigenvalue weighted by atomic mass is 10.2. The van der Waals surface area contributed by atoms with E-state index in [2.05, 4.69) is 26.0 Å². The van der Waals surface area contributed by atoms with Crippen LogP contribution in [-0.2, 0) is 4.74 Å². The maximum Gasteiger partial charge on any atom is 0.416 e. The molecular weight excluding hydrogens is 392 g/mol. The fraction of sp³-hybridized carbons (Fsp3) is 0.462. The van der Waals surface area contributed by atoms with Gasteiger partial charge in [-0.2, -0.15) is 5.10 Å². The molecule has 0 bridgehead atoms. The van der Waals surface area contributed by atoms with Crippen LogP contribution in [0, 0.1) is 0 Å². The van der Waals surface area contributed by atoms with Crippen molar-refractivity contribution in [3.63, 3.8) is 0 Å². The molecule has 0 spiro atoms. The van der Waals surface area contributed by atoms with Gasteiger partial charge < -0.3 is 4.74 Å². The molecule has 0 atom stereocenters. The molecule has 0 aromatic carbocycles. The van der Waals surface area contributed by atoms with Gasteiger partial charge in [0, 0.05) is 12.3 Å². The quantitative estimate of drug-likeness (QED) is 0.620. The Morgan fingerprint density at radius 1 is 1.50 bits per heavy atom. The molecule has 1 aliphatic rings. The van der Waals surface area contributed by atoms with E-state index < -0.39 is 11.7 Å². The van der Waals surface area contributed by atoms with Crippen molar-refractivity contribution in [3.05, 3.63) is 15.8 Å². The Balaban J connectivity index is 2.09. The lowest BCUT2D eigenvalue weighted by molar-refractivity contribution is 0.0580. The summed E-state index contributed by atoms with van der Waals surface area (Å²) in [6.45, 7) is 6.03. The Hall–Kier alpha value is -0.990. The number of amides is 1. The van der Waals surface area contributed by atoms with Crippen LogP contribution in [-0.4, -0.2) is 38.6 Å². The zero-order valence-electron chi connectivity index (χ0n) is 12.3. The number of halogens is 2. The number of ether oxygens (including phenoxy) is 1. The Bertz CT molecular complexity index is 759. The van der Waals surface area contributed by atoms with Crippen molar-refractivity contribution < 1.29 is 9.53 Å². The SMILES string of the molecule is CC(C)(C)OC(=O)N1CCSc2c1nc1c(Br)cnn1c2Cl. The van der Waals surface area contributed by atoms with Gasteiger partial charge in [-0.1, -0.05) is 11.6 Å². The minimum atomic E-state index is -0.563. The van der Waals surface area contributed by atoms with Crippen LogP contribution >= 0.6 is 39.3 Å². The highest BCUT2D eigenvalue weighted by atomic mass is 79.9. The number of carbonyl (C=O) groups excluding carboxylic acids is 1. The smallest absolute Gasteiger partial charge is 0.416 e. The van der Waals surface area contributed by atoms with Crippen molar-refractivity contribution in [1.82, 2.24) is 14.6 Å². The number of rotatable bonds is 0. The average molecular weight is 406 g/mol. The Kier molecular flexibility index (Phi) is 4.03. The van der Waals surface area contributed by atoms with Crippen LogP contribution in [0.5, 0.6) is 0 Å². The van der Waals surface area contributed by atoms with E-state index >= 15 is 0 Å². The first-order valence-electron chi connectivity index (χ1n) is 6.64. The summed E-state index contributed by atoms with van der Waals surface area (Å²) in [6, 6.07) is 0. The topological polar surface area (TPSA) is 59.7 Å². The molecule has 0 saturated carbocycles. The van der Waals surface area contributed by atoms with Crippen LogP contribution in [0.4, 0.5) is 10.6 Å². The molecule has 0 radical (unpaired) electrons. The number of aromatic nitrogens is 3. The number of nitrogens with zero attached hydrogens (tertiary/aromatic N) is 4. The minimum Gasteiger partial charge on any atom is -0.443 e. The largest absolute Gasteiger partial charge is 0.443 e. The summed E-state index contributed by atoms with van der Waals surface area (Å²) in [5, 5.41) is 4.63. The maximum absolute atomic E-state index is 12.4. The number of anilines is 1. The van der Waals surface area contributed by atoms with Gasteiger partial charge in [0.15, 0.2) is 11.5 Å². The Morgan fingerprint density at radius 3 is 2.91 bits per heavy atom. The van der Waals surface area contributed by atoms with Crippen LogP contribution in [0.25, 0.3) is 5.65 Å². The van der Waals surface area contributed by atoms with Gasteiger partial charge in [-0.3, -0.25) is 4.90 Å². The number of thioether (sulfide) groups is 1. The fourth-order valence-electron chi connectivity index (χ4n) is 2.05. The molecule has 118 valence electrons. The first-order chi connectivity index (χ1) is 10.3. The van der Waals surface area contributed by atoms with Crippen LogP contribution in [0.3, 0.4) is 0 Å². The molecule has 3 heterocycles. The molecule has 0 unspecified atom stereocenters. The van der Waals surface area contributed by atoms with E-state index in [1.54, 1.807) is 22.5 Å². The highest BCUT2D eigenvalue weighted by Crippen LogP contribution is 2.40. The van der Waals surface area contributed by atoms with E-state index in [-0.39, 0.29) is 0 Å². The third-order valence-electron chi connectivity index (χ3n) is 2.92. The lowest BCUT2D eigenvalue weighted by Gasteiger charge is -2.30. The van der Waals surface area contributed by atoms with Crippen LogP contribution in [0.2, 0.25) is 5.15 Å². The number of hydrogen-bond acceptors (Lipinski definition) is 5. The van der Waals surface area contributed by atoms with Crippen molar-refractivity contribution in [2.24, 2.45) is 0 Å². The van der Waals surface area contributed by atoms with Gasteiger partial charge >= 0.3 is 6.09 Å². The van der Waals surface area contributed by atoms with Gasteiger partial charge in [-0.15, -0.1) is 11.8 Å². The summed E-state index contributed by atoms with van der Waals surface area (Å²) in [5.41, 5.74) is 0.00670. The highest BCUT2D eigenvalue weighted by Gasteiger charge is 2.31. The third-order valence-corrected chi connectivity index (χ3v) is 4.99. The molecule has 2 aromatic heterocycles. The summed E-state index contributed by atoms with van der Waals surface area (Å²) in [4.78, 5) is 19.2. The van der Waals surface area contributed by atoms with E-state index in [1.807, 2.05) is 20.8 Å². The zero-order chi connectivity index (χ0) is 16.1. The van der Waals surface area contributed by atoms with E-state index in [4.69, 9.17) is 16.3 Å². The standard InChI is InChI=1S/C13H14BrClN4O2S/c1-13(2,3)21-12(20)18-4-5-22-8-9(15)19-10(17-11(8)18)7(14)6-16-19/h6H,4-5H2,1-3H3. The number of fused-ring (bicyclic) bond motifs is 2. The second-order valence-corrected chi connectivity index (χ2v) is 8.08. The first-order valence-corrected chi connectivity index (χ1v) is 8.79. The summed E-state index contributed by atoms with van der Waals surface area (Å²) < 4.78 is 7.73. The molecule has 1 amide bonds. The molecule has 0 fully saturated rings. The minimum absolute atomic E-state index is 0.419. The Morgan fingerprint density at radius 2 is 2.23 bits per heavy atom. The molecule has 0 saturated heterocycles. The number of carbonyl (C=O) groups is 1. The van der Waals surface area contributed by atoms with Crippen molar-refractivity contribution in [2.75, 3.05) is 17.2 Å². The molecule has 1 aliphatic heterocycles. The van der Waals surface area contributed by atoms with Crippen molar-refractivity contribution in [1.29, 1.82) is 0 Å². The average Bonchev–Trinajstić information content (AvgIpc) is 2.79. The zero-order valence-corrected chi connectivity index (χ0v) is 15.4. The van der Waals surface area contributed by atoms with Crippen molar-refractivity contribution in [3.8, 4) is 0 Å². The predicted molar refractivity (Wildman–Crippen MR) is 90.0 cm³/mol. The summed E-state index contributed by atoms with van der Waals surface area (Å²) in [6.07, 6.45) is 1.21. The monoisotopic (exact) mass is 404 g/mol. The molecule has 2 aromatic rings. The molecule has 3 rings (SSSR count). The maximum atomic E-state index is 12.4. The molecule has 0 N–H and O–H groups in total. The van der Waals surface area contributed by atoms with Gasteiger partial charge in [0.1, 0.15) is 10.8 Å². The first kappa shape index (κ1) is 15.9. The van der Waals surface area contributed by atoms with Gasteiger partial charge in [0.05, 0.1) is 15.6 Å². The van der Waals surface area contributed by atoms with Crippen LogP contribution in [0.1, 0.15) is 20.8 Å². The molecular formula is C13H14BrClN4O2S. The van der Waals surface area contributed by atoms with Crippen molar-refractivity contribution in [2.45, 2.75) is 31.3 Å². The highest BCUT2D eigenvalue weighted by molar-refractivity contribution is 9.10. The predicted octanol–water partition coefficient (Wildman–Crippen LogP) is 3.99. The Labute approximate surface area is 145 Å². The van der Waals surface area contributed by atoms with E-state index in [1.165, 1.54) is 4.90 Å². The summed E-state index contributed by atoms with van der Waals surface area (Å²) in [5.74, 6) is 1.24. The summed E-state index contributed by atoms with van der Waals surface area (Å²) >= 11 is 11.4. The van der Waals surface area contributed by atoms with Gasteiger partial charge in [0.25, 0.3) is 0 Å². The molecule has 22 heavy (non-hydrogen) atoms. The second-order valence-electron chi connectivity index (χ2n) is 5.76. The fourth-order valence-corrected chi connectivity index (χ4v) is 3.74. The second kappa shape index (κ2) is 5.58. The van der Waals surface area contributed by atoms with Gasteiger partial charge in [-0.25, -0.2) is 14.3 Å². The molecule has 0 aliphatic carbocycles. The van der Waals surface area contributed by atoms with Crippen LogP contribution < -0.4 is 4.90 Å². The number of hydrogen-bond donors (Lipinski definition) is 0. The van der Waals surface area contributed by atoms with Crippen LogP contribution in [0.15, 0.2) is 15.6 Å². The van der Waals surface area contributed by atoms with E-state index in [9.17, 15) is 4.79 Å². The molecule has 6 nitrogen and oxygen atoms in total. The lowest BCUT2D eigenvalue weighted by Crippen LogP contribution is -2.40. The normalized spacial score (nSPS) is 15.0. The molecule has 9 heteroatoms. The van der Waals surface area contributed by atoms with Crippen molar-refractivity contribution >= 4 is 56.9 Å². The van der Waals surface area contributed by atoms with Gasteiger partial charge in [0.2, 0.25) is 0 Å². The van der Waals surface area contributed by atoms with Gasteiger partial charge in [-0.05, 0) is 36.7 Å². The van der Waals surface area contributed by atoms with E-state index in [0.717, 1.165) is 15.1 Å². The van der Waals surface area contributed by atoms with E-state index in [0.29, 0.717) is 23.2 Å². The third kappa shape index (κ3) is 2.79. The summed E-state index contributed by atoms with van der Waals surface area (Å²) in [7, 11) is 0.